The van der Waals surface area contributed by atoms with Gasteiger partial charge in [-0.05, 0) is 0 Å². The van der Waals surface area contributed by atoms with E-state index in [0.29, 0.717) is 0 Å². The molecule has 0 saturated carbocycles. The Labute approximate surface area is 45.8 Å². The van der Waals surface area contributed by atoms with Crippen LogP contribution in [0.3, 0.4) is 0 Å². The molecule has 0 aliphatic carbocycles. The molecular formula is C3H6N2O3. The number of esters is 1. The molecule has 0 fully saturated rings. The van der Waals surface area contributed by atoms with Crippen molar-refractivity contribution in [1.29, 1.82) is 0 Å². The van der Waals surface area contributed by atoms with Gasteiger partial charge in [0.2, 0.25) is 0 Å². The van der Waals surface area contributed by atoms with Gasteiger partial charge in [0.15, 0.2) is 0 Å². The van der Waals surface area contributed by atoms with E-state index in [1.54, 1.807) is 5.43 Å². The molecule has 0 radical (unpaired) electrons. The van der Waals surface area contributed by atoms with E-state index >= 15 is 0 Å². The maximum atomic E-state index is 9.94. The van der Waals surface area contributed by atoms with Crippen LogP contribution in [0.4, 0.5) is 4.79 Å². The molecule has 0 heterocycles. The van der Waals surface area contributed by atoms with Crippen molar-refractivity contribution in [3.8, 4) is 0 Å². The van der Waals surface area contributed by atoms with Gasteiger partial charge >= 0.3 is 12.1 Å². The lowest BCUT2D eigenvalue weighted by Gasteiger charge is -1.94. The average molecular weight is 118 g/mol. The van der Waals surface area contributed by atoms with Crippen LogP contribution in [0, 0.1) is 0 Å². The van der Waals surface area contributed by atoms with Crippen molar-refractivity contribution in [2.45, 2.75) is 6.92 Å². The summed E-state index contributed by atoms with van der Waals surface area (Å²) >= 11 is 0. The van der Waals surface area contributed by atoms with Gasteiger partial charge in [0.05, 0.1) is 0 Å². The van der Waals surface area contributed by atoms with Crippen LogP contribution >= 0.6 is 0 Å². The maximum absolute atomic E-state index is 9.94. The Morgan fingerprint density at radius 3 is 2.25 bits per heavy atom. The second-order valence-electron chi connectivity index (χ2n) is 1.03. The SMILES string of the molecule is CC(=O)OC(=O)NN. The molecule has 0 aliphatic rings. The summed E-state index contributed by atoms with van der Waals surface area (Å²) in [5.41, 5.74) is 1.61. The Kier molecular flexibility index (Phi) is 2.57. The average Bonchev–Trinajstić information content (AvgIpc) is 1.65. The molecule has 1 amide bonds. The van der Waals surface area contributed by atoms with Gasteiger partial charge in [0.1, 0.15) is 0 Å². The number of nitrogens with one attached hydrogen (secondary N) is 1. The van der Waals surface area contributed by atoms with Gasteiger partial charge in [0.25, 0.3) is 0 Å². The summed E-state index contributed by atoms with van der Waals surface area (Å²) in [7, 11) is 0. The first-order chi connectivity index (χ1) is 3.66. The molecule has 46 valence electrons. The monoisotopic (exact) mass is 118 g/mol. The molecule has 0 aromatic rings. The van der Waals surface area contributed by atoms with Gasteiger partial charge in [-0.3, -0.25) is 10.2 Å². The topological polar surface area (TPSA) is 81.4 Å². The zero-order valence-electron chi connectivity index (χ0n) is 4.30. The molecule has 8 heavy (non-hydrogen) atoms. The molecule has 0 rings (SSSR count). The Hall–Kier alpha value is -1.10. The first-order valence-electron chi connectivity index (χ1n) is 1.86. The number of carbonyl (C=O) groups is 2. The Morgan fingerprint density at radius 2 is 2.12 bits per heavy atom. The largest absolute Gasteiger partial charge is 0.429 e. The third kappa shape index (κ3) is 3.10. The highest BCUT2D eigenvalue weighted by atomic mass is 16.6. The van der Waals surface area contributed by atoms with Crippen molar-refractivity contribution in [3.63, 3.8) is 0 Å². The molecule has 0 atom stereocenters. The zero-order chi connectivity index (χ0) is 6.57. The van der Waals surface area contributed by atoms with E-state index in [2.05, 4.69) is 10.6 Å². The third-order valence-electron chi connectivity index (χ3n) is 0.354. The van der Waals surface area contributed by atoms with E-state index in [9.17, 15) is 9.59 Å². The smallest absolute Gasteiger partial charge is 0.376 e. The molecule has 5 heteroatoms. The van der Waals surface area contributed by atoms with Gasteiger partial charge in [-0.25, -0.2) is 10.6 Å². The van der Waals surface area contributed by atoms with E-state index < -0.39 is 12.1 Å². The minimum Gasteiger partial charge on any atom is -0.376 e. The fourth-order valence-electron chi connectivity index (χ4n) is 0.160. The van der Waals surface area contributed by atoms with Crippen molar-refractivity contribution in [2.24, 2.45) is 5.84 Å². The maximum Gasteiger partial charge on any atom is 0.429 e. The quantitative estimate of drug-likeness (QED) is 0.142. The number of carbonyl (C=O) groups excluding carboxylic acids is 2. The third-order valence-corrected chi connectivity index (χ3v) is 0.354. The van der Waals surface area contributed by atoms with Crippen LogP contribution in [-0.2, 0) is 9.53 Å². The van der Waals surface area contributed by atoms with E-state index in [0.717, 1.165) is 6.92 Å². The molecule has 0 spiro atoms. The molecule has 0 aromatic carbocycles. The summed E-state index contributed by atoms with van der Waals surface area (Å²) in [4.78, 5) is 19.8. The Bertz CT molecular complexity index is 111. The van der Waals surface area contributed by atoms with Crippen LogP contribution in [-0.4, -0.2) is 12.1 Å². The highest BCUT2D eigenvalue weighted by Gasteiger charge is 1.99. The highest BCUT2D eigenvalue weighted by Crippen LogP contribution is 1.73. The van der Waals surface area contributed by atoms with Crippen molar-refractivity contribution in [1.82, 2.24) is 5.43 Å². The predicted molar refractivity (Wildman–Crippen MR) is 24.5 cm³/mol. The summed E-state index contributed by atoms with van der Waals surface area (Å²) in [6.07, 6.45) is -0.947. The normalized spacial score (nSPS) is 7.75. The van der Waals surface area contributed by atoms with Gasteiger partial charge in [-0.15, -0.1) is 0 Å². The second kappa shape index (κ2) is 2.98. The van der Waals surface area contributed by atoms with Crippen LogP contribution in [0.25, 0.3) is 0 Å². The summed E-state index contributed by atoms with van der Waals surface area (Å²) in [6, 6.07) is 0. The number of rotatable bonds is 0. The lowest BCUT2D eigenvalue weighted by atomic mass is 10.8. The molecule has 0 aliphatic heterocycles. The lowest BCUT2D eigenvalue weighted by Crippen LogP contribution is -2.31. The number of hydrogen-bond donors (Lipinski definition) is 2. The molecule has 0 unspecified atom stereocenters. The van der Waals surface area contributed by atoms with Crippen molar-refractivity contribution in [3.05, 3.63) is 0 Å². The van der Waals surface area contributed by atoms with E-state index in [1.807, 2.05) is 0 Å². The fourth-order valence-corrected chi connectivity index (χ4v) is 0.160. The Morgan fingerprint density at radius 1 is 1.62 bits per heavy atom. The molecular weight excluding hydrogens is 112 g/mol. The standard InChI is InChI=1S/C3H6N2O3/c1-2(6)8-3(7)5-4/h4H2,1H3,(H,5,7). The fraction of sp³-hybridized carbons (Fsp3) is 0.333. The molecule has 0 saturated heterocycles. The summed E-state index contributed by atoms with van der Waals surface area (Å²) in [5, 5.41) is 0. The lowest BCUT2D eigenvalue weighted by molar-refractivity contribution is -0.134. The number of ether oxygens (including phenoxy) is 1. The summed E-state index contributed by atoms with van der Waals surface area (Å²) in [5.74, 6) is 3.86. The number of hydrazine groups is 1. The molecule has 3 N–H and O–H groups in total. The number of hydrogen-bond acceptors (Lipinski definition) is 4. The summed E-state index contributed by atoms with van der Waals surface area (Å²) < 4.78 is 3.89. The van der Waals surface area contributed by atoms with Gasteiger partial charge in [-0.1, -0.05) is 0 Å². The highest BCUT2D eigenvalue weighted by molar-refractivity contribution is 5.82. The van der Waals surface area contributed by atoms with E-state index in [-0.39, 0.29) is 0 Å². The van der Waals surface area contributed by atoms with Crippen LogP contribution in [0.15, 0.2) is 0 Å². The second-order valence-corrected chi connectivity index (χ2v) is 1.03. The van der Waals surface area contributed by atoms with Crippen molar-refractivity contribution in [2.75, 3.05) is 0 Å². The minimum absolute atomic E-state index is 0.687. The molecule has 0 bridgehead atoms. The van der Waals surface area contributed by atoms with Crippen LogP contribution in [0.1, 0.15) is 6.92 Å². The van der Waals surface area contributed by atoms with Crippen molar-refractivity contribution >= 4 is 12.1 Å². The first-order valence-corrected chi connectivity index (χ1v) is 1.86. The summed E-state index contributed by atoms with van der Waals surface area (Å²) in [6.45, 7) is 1.11. The number of amides is 1. The number of nitrogens with two attached hydrogens (primary N) is 1. The first kappa shape index (κ1) is 6.90. The van der Waals surface area contributed by atoms with Gasteiger partial charge in [0, 0.05) is 6.92 Å². The molecule has 0 aromatic heterocycles. The predicted octanol–water partition coefficient (Wildman–Crippen LogP) is -0.867. The van der Waals surface area contributed by atoms with Crippen LogP contribution in [0.5, 0.6) is 0 Å². The zero-order valence-corrected chi connectivity index (χ0v) is 4.30. The minimum atomic E-state index is -0.947. The van der Waals surface area contributed by atoms with Crippen LogP contribution in [0.2, 0.25) is 0 Å². The van der Waals surface area contributed by atoms with Gasteiger partial charge in [-0.2, -0.15) is 0 Å². The van der Waals surface area contributed by atoms with E-state index in [1.165, 1.54) is 0 Å². The van der Waals surface area contributed by atoms with Crippen molar-refractivity contribution < 1.29 is 14.3 Å². The molecule has 5 nitrogen and oxygen atoms in total. The van der Waals surface area contributed by atoms with Gasteiger partial charge < -0.3 is 4.74 Å². The Balaban J connectivity index is 3.40. The van der Waals surface area contributed by atoms with E-state index in [4.69, 9.17) is 0 Å². The van der Waals surface area contributed by atoms with Crippen LogP contribution < -0.4 is 11.3 Å².